The Morgan fingerprint density at radius 1 is 1.40 bits per heavy atom. The van der Waals surface area contributed by atoms with Crippen molar-refractivity contribution >= 4 is 27.7 Å². The molecule has 0 radical (unpaired) electrons. The molecule has 1 heterocycles. The summed E-state index contributed by atoms with van der Waals surface area (Å²) < 4.78 is 3.13. The molecule has 0 bridgehead atoms. The number of thioether (sulfide) groups is 1. The molecule has 0 fully saturated rings. The van der Waals surface area contributed by atoms with Crippen LogP contribution in [0.4, 0.5) is 0 Å². The monoisotopic (exact) mass is 354 g/mol. The molecule has 0 aliphatic rings. The molecule has 6 heteroatoms. The summed E-state index contributed by atoms with van der Waals surface area (Å²) in [7, 11) is 1.98. The van der Waals surface area contributed by atoms with Crippen LogP contribution in [0.15, 0.2) is 39.8 Å². The fourth-order valence-electron chi connectivity index (χ4n) is 1.97. The molecule has 1 aromatic heterocycles. The fraction of sp³-hybridized carbons (Fsp3) is 0.429. The Hall–Kier alpha value is -0.850. The van der Waals surface area contributed by atoms with Crippen LogP contribution in [-0.4, -0.2) is 27.8 Å². The van der Waals surface area contributed by atoms with Crippen molar-refractivity contribution in [2.75, 3.05) is 12.8 Å². The van der Waals surface area contributed by atoms with Crippen molar-refractivity contribution in [1.82, 2.24) is 20.3 Å². The topological polar surface area (TPSA) is 42.7 Å². The Kier molecular flexibility index (Phi) is 6.06. The maximum absolute atomic E-state index is 4.16. The Morgan fingerprint density at radius 3 is 2.90 bits per heavy atom. The number of aromatic nitrogens is 3. The first-order valence-electron chi connectivity index (χ1n) is 6.69. The average Bonchev–Trinajstić information content (AvgIpc) is 2.90. The summed E-state index contributed by atoms with van der Waals surface area (Å²) in [4.78, 5) is 1.25. The van der Waals surface area contributed by atoms with E-state index in [1.54, 1.807) is 0 Å². The number of hydrogen-bond acceptors (Lipinski definition) is 4. The highest BCUT2D eigenvalue weighted by Gasteiger charge is 2.16. The predicted octanol–water partition coefficient (Wildman–Crippen LogP) is 3.50. The van der Waals surface area contributed by atoms with Crippen LogP contribution in [0.3, 0.4) is 0 Å². The zero-order valence-corrected chi connectivity index (χ0v) is 14.1. The number of benzene rings is 1. The van der Waals surface area contributed by atoms with Crippen LogP contribution in [0.1, 0.15) is 25.1 Å². The molecule has 0 amide bonds. The average molecular weight is 355 g/mol. The predicted molar refractivity (Wildman–Crippen MR) is 87.0 cm³/mol. The van der Waals surface area contributed by atoms with Crippen molar-refractivity contribution in [2.45, 2.75) is 30.8 Å². The minimum Gasteiger partial charge on any atom is -0.311 e. The second-order valence-electron chi connectivity index (χ2n) is 4.46. The summed E-state index contributed by atoms with van der Waals surface area (Å²) in [6.07, 6.45) is 2.92. The van der Waals surface area contributed by atoms with Gasteiger partial charge >= 0.3 is 0 Å². The van der Waals surface area contributed by atoms with E-state index >= 15 is 0 Å². The van der Waals surface area contributed by atoms with Gasteiger partial charge in [-0.05, 0) is 41.5 Å². The second-order valence-corrected chi connectivity index (χ2v) is 6.38. The number of rotatable bonds is 7. The van der Waals surface area contributed by atoms with Gasteiger partial charge in [-0.3, -0.25) is 0 Å². The van der Waals surface area contributed by atoms with Crippen LogP contribution in [0, 0.1) is 0 Å². The molecular formula is C14H19BrN4S. The largest absolute Gasteiger partial charge is 0.311 e. The number of nitrogens with one attached hydrogen (secondary N) is 1. The smallest absolute Gasteiger partial charge is 0.0765 e. The van der Waals surface area contributed by atoms with E-state index in [1.165, 1.54) is 4.90 Å². The van der Waals surface area contributed by atoms with Gasteiger partial charge in [0, 0.05) is 21.7 Å². The molecule has 0 aliphatic carbocycles. The molecule has 2 aromatic rings. The first-order valence-corrected chi connectivity index (χ1v) is 8.47. The normalized spacial score (nSPS) is 12.6. The maximum Gasteiger partial charge on any atom is 0.0765 e. The zero-order valence-electron chi connectivity index (χ0n) is 11.7. The van der Waals surface area contributed by atoms with Gasteiger partial charge < -0.3 is 5.32 Å². The Morgan fingerprint density at radius 2 is 2.20 bits per heavy atom. The van der Waals surface area contributed by atoms with Gasteiger partial charge in [-0.25, -0.2) is 4.68 Å². The summed E-state index contributed by atoms with van der Waals surface area (Å²) in [5.41, 5.74) is 1.15. The van der Waals surface area contributed by atoms with Crippen LogP contribution in [0.5, 0.6) is 0 Å². The van der Waals surface area contributed by atoms with E-state index in [1.807, 2.05) is 35.8 Å². The van der Waals surface area contributed by atoms with Crippen molar-refractivity contribution < 1.29 is 0 Å². The number of hydrogen-bond donors (Lipinski definition) is 1. The molecule has 2 rings (SSSR count). The van der Waals surface area contributed by atoms with Gasteiger partial charge in [-0.1, -0.05) is 24.3 Å². The second kappa shape index (κ2) is 7.81. The van der Waals surface area contributed by atoms with Gasteiger partial charge in [0.15, 0.2) is 0 Å². The molecular weight excluding hydrogens is 336 g/mol. The highest BCUT2D eigenvalue weighted by molar-refractivity contribution is 9.10. The van der Waals surface area contributed by atoms with Gasteiger partial charge in [0.05, 0.1) is 17.9 Å². The number of nitrogens with zero attached hydrogens (tertiary/aromatic N) is 3. The van der Waals surface area contributed by atoms with Crippen molar-refractivity contribution in [1.29, 1.82) is 0 Å². The van der Waals surface area contributed by atoms with E-state index in [0.717, 1.165) is 28.9 Å². The molecule has 4 nitrogen and oxygen atoms in total. The van der Waals surface area contributed by atoms with E-state index in [2.05, 4.69) is 56.7 Å². The van der Waals surface area contributed by atoms with Gasteiger partial charge in [0.1, 0.15) is 0 Å². The molecule has 1 aromatic carbocycles. The number of aryl methyl sites for hydroxylation is 1. The maximum atomic E-state index is 4.16. The van der Waals surface area contributed by atoms with Crippen molar-refractivity contribution in [3.05, 3.63) is 40.6 Å². The third-order valence-corrected chi connectivity index (χ3v) is 5.15. The summed E-state index contributed by atoms with van der Waals surface area (Å²) in [5, 5.41) is 11.5. The minimum absolute atomic E-state index is 0.244. The summed E-state index contributed by atoms with van der Waals surface area (Å²) in [5.74, 6) is 0.941. The summed E-state index contributed by atoms with van der Waals surface area (Å²) in [6, 6.07) is 8.53. The van der Waals surface area contributed by atoms with E-state index in [4.69, 9.17) is 0 Å². The van der Waals surface area contributed by atoms with E-state index in [0.29, 0.717) is 0 Å². The molecule has 20 heavy (non-hydrogen) atoms. The molecule has 0 saturated carbocycles. The molecule has 0 spiro atoms. The minimum atomic E-state index is 0.244. The van der Waals surface area contributed by atoms with Crippen molar-refractivity contribution in [2.24, 2.45) is 0 Å². The summed E-state index contributed by atoms with van der Waals surface area (Å²) >= 11 is 5.41. The lowest BCUT2D eigenvalue weighted by Gasteiger charge is -2.17. The zero-order chi connectivity index (χ0) is 14.4. The number of halogens is 1. The third-order valence-electron chi connectivity index (χ3n) is 3.03. The van der Waals surface area contributed by atoms with E-state index in [-0.39, 0.29) is 6.04 Å². The fourth-order valence-corrected chi connectivity index (χ4v) is 3.67. The van der Waals surface area contributed by atoms with E-state index in [9.17, 15) is 0 Å². The van der Waals surface area contributed by atoms with E-state index < -0.39 is 0 Å². The lowest BCUT2D eigenvalue weighted by molar-refractivity contribution is 0.514. The van der Waals surface area contributed by atoms with Gasteiger partial charge in [-0.2, -0.15) is 0 Å². The molecule has 1 unspecified atom stereocenters. The highest BCUT2D eigenvalue weighted by Crippen LogP contribution is 2.30. The van der Waals surface area contributed by atoms with Gasteiger partial charge in [0.25, 0.3) is 0 Å². The Balaban J connectivity index is 2.06. The summed E-state index contributed by atoms with van der Waals surface area (Å²) in [6.45, 7) is 3.06. The third kappa shape index (κ3) is 3.84. The molecule has 0 aliphatic heterocycles. The first kappa shape index (κ1) is 15.5. The molecule has 1 N–H and O–H groups in total. The molecule has 0 saturated heterocycles. The Labute approximate surface area is 132 Å². The molecule has 1 atom stereocenters. The van der Waals surface area contributed by atoms with Crippen LogP contribution < -0.4 is 5.32 Å². The van der Waals surface area contributed by atoms with Gasteiger partial charge in [0.2, 0.25) is 0 Å². The highest BCUT2D eigenvalue weighted by atomic mass is 79.9. The Bertz CT molecular complexity index is 543. The first-order chi connectivity index (χ1) is 9.76. The van der Waals surface area contributed by atoms with Crippen LogP contribution in [0.25, 0.3) is 0 Å². The quantitative estimate of drug-likeness (QED) is 0.772. The van der Waals surface area contributed by atoms with Gasteiger partial charge in [-0.15, -0.1) is 16.9 Å². The van der Waals surface area contributed by atoms with Crippen molar-refractivity contribution in [3.63, 3.8) is 0 Å². The standard InChI is InChI=1S/C14H19BrN4S/c1-3-8-19-13(9-17-18-19)12(16-2)10-20-14-7-5-4-6-11(14)15/h4-7,9,12,16H,3,8,10H2,1-2H3. The lowest BCUT2D eigenvalue weighted by atomic mass is 10.2. The SMILES string of the molecule is CCCn1nncc1C(CSc1ccccc1Br)NC. The van der Waals surface area contributed by atoms with Crippen LogP contribution in [-0.2, 0) is 6.54 Å². The van der Waals surface area contributed by atoms with Crippen LogP contribution >= 0.6 is 27.7 Å². The van der Waals surface area contributed by atoms with Crippen molar-refractivity contribution in [3.8, 4) is 0 Å². The molecule has 108 valence electrons. The lowest BCUT2D eigenvalue weighted by Crippen LogP contribution is -2.22. The van der Waals surface area contributed by atoms with Crippen LogP contribution in [0.2, 0.25) is 0 Å².